The van der Waals surface area contributed by atoms with Crippen LogP contribution in [0.1, 0.15) is 29.5 Å². The molecule has 1 aromatic carbocycles. The van der Waals surface area contributed by atoms with Crippen molar-refractivity contribution in [2.75, 3.05) is 46.4 Å². The van der Waals surface area contributed by atoms with Gasteiger partial charge >= 0.3 is 0 Å². The summed E-state index contributed by atoms with van der Waals surface area (Å²) in [6.07, 6.45) is 3.28. The molecule has 0 spiro atoms. The number of aromatic nitrogens is 1. The van der Waals surface area contributed by atoms with E-state index in [0.29, 0.717) is 19.7 Å². The van der Waals surface area contributed by atoms with Crippen LogP contribution in [0.3, 0.4) is 0 Å². The zero-order valence-electron chi connectivity index (χ0n) is 19.9. The maximum Gasteiger partial charge on any atom is 0.241 e. The fraction of sp³-hybridized carbons (Fsp3) is 0.462. The Labute approximate surface area is 200 Å². The molecule has 2 aliphatic rings. The van der Waals surface area contributed by atoms with Crippen LogP contribution in [0.25, 0.3) is 0 Å². The number of amides is 3. The molecule has 3 heterocycles. The van der Waals surface area contributed by atoms with E-state index in [0.717, 1.165) is 36.3 Å². The zero-order chi connectivity index (χ0) is 24.1. The average molecular weight is 465 g/mol. The molecule has 8 nitrogen and oxygen atoms in total. The molecule has 180 valence electrons. The van der Waals surface area contributed by atoms with Crippen LogP contribution in [0.4, 0.5) is 0 Å². The first-order chi connectivity index (χ1) is 16.4. The van der Waals surface area contributed by atoms with Crippen molar-refractivity contribution in [2.24, 2.45) is 0 Å². The zero-order valence-corrected chi connectivity index (χ0v) is 19.9. The number of piperazine rings is 1. The van der Waals surface area contributed by atoms with Crippen LogP contribution in [0, 0.1) is 6.92 Å². The molecule has 2 aromatic rings. The Hall–Kier alpha value is -3.10. The third-order valence-electron chi connectivity index (χ3n) is 6.95. The number of hydrogen-bond acceptors (Lipinski definition) is 6. The topological polar surface area (TPSA) is 83.1 Å². The minimum absolute atomic E-state index is 0.00130. The number of ether oxygens (including phenoxy) is 1. The van der Waals surface area contributed by atoms with Crippen LogP contribution >= 0.6 is 0 Å². The van der Waals surface area contributed by atoms with E-state index in [1.54, 1.807) is 31.6 Å². The number of benzene rings is 1. The lowest BCUT2D eigenvalue weighted by Gasteiger charge is -2.37. The predicted octanol–water partition coefficient (Wildman–Crippen LogP) is 1.77. The van der Waals surface area contributed by atoms with Crippen molar-refractivity contribution in [2.45, 2.75) is 31.7 Å². The quantitative estimate of drug-likeness (QED) is 0.554. The fourth-order valence-corrected chi connectivity index (χ4v) is 5.00. The molecule has 2 saturated heterocycles. The van der Waals surface area contributed by atoms with Gasteiger partial charge in [-0.25, -0.2) is 0 Å². The van der Waals surface area contributed by atoms with E-state index in [2.05, 4.69) is 9.88 Å². The summed E-state index contributed by atoms with van der Waals surface area (Å²) in [5.74, 6) is -0.625. The number of hydrogen-bond donors (Lipinski definition) is 0. The van der Waals surface area contributed by atoms with Crippen molar-refractivity contribution < 1.29 is 19.1 Å². The van der Waals surface area contributed by atoms with E-state index in [4.69, 9.17) is 4.74 Å². The van der Waals surface area contributed by atoms with Gasteiger partial charge in [0.2, 0.25) is 17.7 Å². The molecule has 1 atom stereocenters. The first-order valence-corrected chi connectivity index (χ1v) is 11.7. The number of carbonyl (C=O) groups excluding carboxylic acids is 3. The Kier molecular flexibility index (Phi) is 7.38. The molecule has 8 heteroatoms. The Morgan fingerprint density at radius 1 is 1.06 bits per heavy atom. The number of carbonyl (C=O) groups is 3. The van der Waals surface area contributed by atoms with E-state index in [-0.39, 0.29) is 37.1 Å². The van der Waals surface area contributed by atoms with Gasteiger partial charge in [0, 0.05) is 65.1 Å². The highest BCUT2D eigenvalue weighted by Gasteiger charge is 2.54. The van der Waals surface area contributed by atoms with E-state index in [1.165, 1.54) is 4.90 Å². The Morgan fingerprint density at radius 2 is 1.76 bits per heavy atom. The predicted molar refractivity (Wildman–Crippen MR) is 127 cm³/mol. The molecule has 2 fully saturated rings. The van der Waals surface area contributed by atoms with Gasteiger partial charge in [-0.15, -0.1) is 0 Å². The van der Waals surface area contributed by atoms with E-state index < -0.39 is 5.41 Å². The first kappa shape index (κ1) is 24.0. The number of methoxy groups -OCH3 is 1. The molecule has 3 amide bonds. The molecule has 0 bridgehead atoms. The summed E-state index contributed by atoms with van der Waals surface area (Å²) in [7, 11) is 1.68. The molecule has 0 aliphatic carbocycles. The Balaban J connectivity index is 1.57. The SMILES string of the molecule is COCCN1CCN(C(=O)C[C@@]2(c3ccccc3C)CC(=O)N(Cc3ccncc3)C2=O)CC1. The normalized spacial score (nSPS) is 21.4. The summed E-state index contributed by atoms with van der Waals surface area (Å²) < 4.78 is 5.16. The van der Waals surface area contributed by atoms with Crippen molar-refractivity contribution >= 4 is 17.7 Å². The van der Waals surface area contributed by atoms with Gasteiger partial charge in [0.05, 0.1) is 18.6 Å². The summed E-state index contributed by atoms with van der Waals surface area (Å²) in [5.41, 5.74) is 1.32. The van der Waals surface area contributed by atoms with E-state index >= 15 is 0 Å². The van der Waals surface area contributed by atoms with Crippen LogP contribution in [0.5, 0.6) is 0 Å². The molecule has 2 aliphatic heterocycles. The molecular formula is C26H32N4O4. The second kappa shape index (κ2) is 10.4. The summed E-state index contributed by atoms with van der Waals surface area (Å²) >= 11 is 0. The number of rotatable bonds is 8. The maximum absolute atomic E-state index is 13.9. The van der Waals surface area contributed by atoms with Gasteiger partial charge < -0.3 is 9.64 Å². The van der Waals surface area contributed by atoms with Crippen LogP contribution in [0.2, 0.25) is 0 Å². The molecule has 34 heavy (non-hydrogen) atoms. The van der Waals surface area contributed by atoms with Crippen LogP contribution in [-0.4, -0.2) is 83.8 Å². The summed E-state index contributed by atoms with van der Waals surface area (Å²) in [6.45, 7) is 6.36. The van der Waals surface area contributed by atoms with Crippen LogP contribution in [0.15, 0.2) is 48.8 Å². The number of likely N-dealkylation sites (tertiary alicyclic amines) is 1. The number of nitrogens with zero attached hydrogens (tertiary/aromatic N) is 4. The highest BCUT2D eigenvalue weighted by atomic mass is 16.5. The largest absolute Gasteiger partial charge is 0.383 e. The lowest BCUT2D eigenvalue weighted by Crippen LogP contribution is -2.51. The molecule has 0 N–H and O–H groups in total. The van der Waals surface area contributed by atoms with Crippen molar-refractivity contribution in [1.82, 2.24) is 19.7 Å². The van der Waals surface area contributed by atoms with E-state index in [9.17, 15) is 14.4 Å². The minimum Gasteiger partial charge on any atom is -0.383 e. The number of aryl methyl sites for hydroxylation is 1. The monoisotopic (exact) mass is 464 g/mol. The van der Waals surface area contributed by atoms with Gasteiger partial charge in [0.15, 0.2) is 0 Å². The molecule has 0 saturated carbocycles. The van der Waals surface area contributed by atoms with Crippen molar-refractivity contribution in [3.05, 3.63) is 65.5 Å². The molecule has 0 unspecified atom stereocenters. The lowest BCUT2D eigenvalue weighted by molar-refractivity contribution is -0.143. The second-order valence-corrected chi connectivity index (χ2v) is 9.11. The highest BCUT2D eigenvalue weighted by molar-refractivity contribution is 6.10. The third kappa shape index (κ3) is 4.88. The van der Waals surface area contributed by atoms with Gasteiger partial charge in [0.25, 0.3) is 0 Å². The van der Waals surface area contributed by atoms with Gasteiger partial charge in [-0.3, -0.25) is 29.2 Å². The molecular weight excluding hydrogens is 432 g/mol. The van der Waals surface area contributed by atoms with Crippen molar-refractivity contribution in [3.8, 4) is 0 Å². The fourth-order valence-electron chi connectivity index (χ4n) is 5.00. The average Bonchev–Trinajstić information content (AvgIpc) is 3.08. The van der Waals surface area contributed by atoms with Gasteiger partial charge in [-0.05, 0) is 35.7 Å². The van der Waals surface area contributed by atoms with Crippen molar-refractivity contribution in [1.29, 1.82) is 0 Å². The molecule has 4 rings (SSSR count). The Morgan fingerprint density at radius 3 is 2.44 bits per heavy atom. The standard InChI is InChI=1S/C26H32N4O4/c1-20-5-3-4-6-22(20)26(17-23(31)29-13-11-28(12-14-29)15-16-34-2)18-24(32)30(25(26)33)19-21-7-9-27-10-8-21/h3-10H,11-19H2,1-2H3/t26-/m0/s1. The summed E-state index contributed by atoms with van der Waals surface area (Å²) in [6, 6.07) is 11.2. The maximum atomic E-state index is 13.9. The summed E-state index contributed by atoms with van der Waals surface area (Å²) in [4.78, 5) is 49.9. The first-order valence-electron chi connectivity index (χ1n) is 11.7. The van der Waals surface area contributed by atoms with Gasteiger partial charge in [0.1, 0.15) is 0 Å². The second-order valence-electron chi connectivity index (χ2n) is 9.11. The number of imide groups is 1. The molecule has 1 aromatic heterocycles. The van der Waals surface area contributed by atoms with Gasteiger partial charge in [-0.2, -0.15) is 0 Å². The van der Waals surface area contributed by atoms with E-state index in [1.807, 2.05) is 36.1 Å². The minimum atomic E-state index is -1.18. The number of pyridine rings is 1. The van der Waals surface area contributed by atoms with Crippen LogP contribution < -0.4 is 0 Å². The smallest absolute Gasteiger partial charge is 0.241 e. The third-order valence-corrected chi connectivity index (χ3v) is 6.95. The molecule has 0 radical (unpaired) electrons. The Bertz CT molecular complexity index is 1040. The highest BCUT2D eigenvalue weighted by Crippen LogP contribution is 2.42. The van der Waals surface area contributed by atoms with Gasteiger partial charge in [-0.1, -0.05) is 24.3 Å². The lowest BCUT2D eigenvalue weighted by atomic mass is 9.74. The summed E-state index contributed by atoms with van der Waals surface area (Å²) in [5, 5.41) is 0. The van der Waals surface area contributed by atoms with Crippen LogP contribution in [-0.2, 0) is 31.1 Å². The van der Waals surface area contributed by atoms with Crippen molar-refractivity contribution in [3.63, 3.8) is 0 Å².